The first kappa shape index (κ1) is 56.7. The lowest BCUT2D eigenvalue weighted by molar-refractivity contribution is -0.154. The molecule has 3 unspecified atom stereocenters. The van der Waals surface area contributed by atoms with Crippen LogP contribution in [0.5, 0.6) is 0 Å². The van der Waals surface area contributed by atoms with Crippen LogP contribution in [0.3, 0.4) is 0 Å². The lowest BCUT2D eigenvalue weighted by Crippen LogP contribution is -2.34. The second kappa shape index (κ2) is 43.7. The van der Waals surface area contributed by atoms with Gasteiger partial charge < -0.3 is 25.2 Å². The van der Waals surface area contributed by atoms with Crippen molar-refractivity contribution in [1.29, 1.82) is 0 Å². The summed E-state index contributed by atoms with van der Waals surface area (Å²) < 4.78 is 33.4. The molecule has 11 heteroatoms. The third-order valence-corrected chi connectivity index (χ3v) is 10.7. The Labute approximate surface area is 360 Å². The fourth-order valence-corrected chi connectivity index (χ4v) is 6.96. The number of carbonyl (C=O) groups excluding carboxylic acids is 1. The average Bonchev–Trinajstić information content (AvgIpc) is 3.21. The van der Waals surface area contributed by atoms with Crippen LogP contribution < -0.4 is 5.73 Å². The van der Waals surface area contributed by atoms with Crippen molar-refractivity contribution in [3.63, 3.8) is 0 Å². The lowest BCUT2D eigenvalue weighted by atomic mass is 10.0. The van der Waals surface area contributed by atoms with Crippen LogP contribution in [-0.4, -0.2) is 60.5 Å². The van der Waals surface area contributed by atoms with E-state index in [-0.39, 0.29) is 13.0 Å². The molecule has 0 bridgehead atoms. The van der Waals surface area contributed by atoms with E-state index in [0.29, 0.717) is 13.0 Å². The minimum atomic E-state index is -4.63. The third kappa shape index (κ3) is 43.6. The van der Waals surface area contributed by atoms with Crippen LogP contribution in [-0.2, 0) is 32.7 Å². The molecule has 0 aliphatic rings. The number of hydrogen-bond donors (Lipinski definition) is 3. The SMILES string of the molecule is CC/C=C\C/C=C\C/C=C\CCCCCCOCC(COP(=O)(O)OCC(N)C(=O)O)OC(=O)CCCCCCCCCCCCC/C=C\C/C=C\CCCCCCC. The number of hydrogen-bond acceptors (Lipinski definition) is 8. The van der Waals surface area contributed by atoms with Crippen LogP contribution in [0.1, 0.15) is 194 Å². The minimum absolute atomic E-state index is 0.000857. The summed E-state index contributed by atoms with van der Waals surface area (Å²) in [7, 11) is -4.63. The standard InChI is InChI=1S/C48H86NO9P/c1-3-5-7-9-11-13-15-17-19-20-21-22-23-24-25-26-27-28-30-32-34-36-38-40-47(50)58-45(43-56-59(53,54)57-44-46(49)48(51)52)42-55-41-39-37-35-33-31-29-18-16-14-12-10-8-6-4-2/h6,8,12,14-15,17-18,20-21,29,45-46H,3-5,7,9-11,13,16,19,22-28,30-44,49H2,1-2H3,(H,51,52)(H,53,54)/b8-6-,14-12-,17-15-,21-20-,29-18-. The van der Waals surface area contributed by atoms with Crippen molar-refractivity contribution >= 4 is 19.8 Å². The molecule has 0 aromatic heterocycles. The van der Waals surface area contributed by atoms with Gasteiger partial charge in [-0.2, -0.15) is 0 Å². The molecule has 0 fully saturated rings. The van der Waals surface area contributed by atoms with Gasteiger partial charge in [-0.25, -0.2) is 4.57 Å². The van der Waals surface area contributed by atoms with Crippen molar-refractivity contribution in [2.75, 3.05) is 26.4 Å². The van der Waals surface area contributed by atoms with Gasteiger partial charge in [0.1, 0.15) is 12.1 Å². The fourth-order valence-electron chi connectivity index (χ4n) is 6.18. The molecule has 0 radical (unpaired) electrons. The quantitative estimate of drug-likeness (QED) is 0.0233. The number of allylic oxidation sites excluding steroid dienone is 10. The molecular formula is C48H86NO9P. The highest BCUT2D eigenvalue weighted by Crippen LogP contribution is 2.43. The Hall–Kier alpha value is -2.33. The maximum atomic E-state index is 12.7. The van der Waals surface area contributed by atoms with Crippen LogP contribution in [0, 0.1) is 0 Å². The summed E-state index contributed by atoms with van der Waals surface area (Å²) in [6, 6.07) is -1.48. The van der Waals surface area contributed by atoms with E-state index in [1.165, 1.54) is 89.9 Å². The molecular weight excluding hydrogens is 765 g/mol. The summed E-state index contributed by atoms with van der Waals surface area (Å²) >= 11 is 0. The summed E-state index contributed by atoms with van der Waals surface area (Å²) in [5.74, 6) is -1.79. The first-order chi connectivity index (χ1) is 28.7. The summed E-state index contributed by atoms with van der Waals surface area (Å²) in [4.78, 5) is 33.6. The van der Waals surface area contributed by atoms with Crippen molar-refractivity contribution < 1.29 is 42.7 Å². The lowest BCUT2D eigenvalue weighted by Gasteiger charge is -2.20. The van der Waals surface area contributed by atoms with Gasteiger partial charge in [-0.15, -0.1) is 0 Å². The first-order valence-corrected chi connectivity index (χ1v) is 24.8. The number of carbonyl (C=O) groups is 2. The maximum Gasteiger partial charge on any atom is 0.472 e. The summed E-state index contributed by atoms with van der Waals surface area (Å²) in [5.41, 5.74) is 5.36. The Bertz CT molecular complexity index is 1170. The number of unbranched alkanes of at least 4 members (excludes halogenated alkanes) is 20. The molecule has 0 saturated heterocycles. The van der Waals surface area contributed by atoms with E-state index >= 15 is 0 Å². The smallest absolute Gasteiger partial charge is 0.472 e. The molecule has 0 saturated carbocycles. The van der Waals surface area contributed by atoms with Gasteiger partial charge >= 0.3 is 19.8 Å². The number of esters is 1. The van der Waals surface area contributed by atoms with E-state index in [1.807, 2.05) is 0 Å². The fraction of sp³-hybridized carbons (Fsp3) is 0.750. The molecule has 3 atom stereocenters. The molecule has 0 heterocycles. The Morgan fingerprint density at radius 1 is 0.559 bits per heavy atom. The predicted molar refractivity (Wildman–Crippen MR) is 244 cm³/mol. The Morgan fingerprint density at radius 2 is 0.983 bits per heavy atom. The van der Waals surface area contributed by atoms with E-state index in [0.717, 1.165) is 77.0 Å². The van der Waals surface area contributed by atoms with Crippen LogP contribution in [0.2, 0.25) is 0 Å². The van der Waals surface area contributed by atoms with Gasteiger partial charge in [0.05, 0.1) is 19.8 Å². The van der Waals surface area contributed by atoms with Gasteiger partial charge in [-0.05, 0) is 77.0 Å². The van der Waals surface area contributed by atoms with Crippen LogP contribution in [0.15, 0.2) is 60.8 Å². The summed E-state index contributed by atoms with van der Waals surface area (Å²) in [6.45, 7) is 3.70. The van der Waals surface area contributed by atoms with Crippen LogP contribution in [0.4, 0.5) is 0 Å². The van der Waals surface area contributed by atoms with E-state index in [9.17, 15) is 19.0 Å². The van der Waals surface area contributed by atoms with E-state index in [2.05, 4.69) is 74.6 Å². The number of phosphoric ester groups is 1. The zero-order valence-electron chi connectivity index (χ0n) is 37.3. The van der Waals surface area contributed by atoms with E-state index < -0.39 is 45.1 Å². The molecule has 0 rings (SSSR count). The van der Waals surface area contributed by atoms with Crippen molar-refractivity contribution in [2.24, 2.45) is 5.73 Å². The molecule has 10 nitrogen and oxygen atoms in total. The van der Waals surface area contributed by atoms with Gasteiger partial charge in [0.2, 0.25) is 0 Å². The molecule has 0 aromatic carbocycles. The molecule has 0 aliphatic carbocycles. The number of carboxylic acid groups (broad SMARTS) is 1. The highest BCUT2D eigenvalue weighted by atomic mass is 31.2. The summed E-state index contributed by atoms with van der Waals surface area (Å²) in [5, 5.41) is 8.90. The predicted octanol–water partition coefficient (Wildman–Crippen LogP) is 13.2. The Morgan fingerprint density at radius 3 is 1.47 bits per heavy atom. The molecule has 342 valence electrons. The second-order valence-corrected chi connectivity index (χ2v) is 17.0. The maximum absolute atomic E-state index is 12.7. The van der Waals surface area contributed by atoms with Gasteiger partial charge in [-0.1, -0.05) is 171 Å². The highest BCUT2D eigenvalue weighted by molar-refractivity contribution is 7.47. The number of aliphatic carboxylic acids is 1. The first-order valence-electron chi connectivity index (χ1n) is 23.3. The number of carboxylic acids is 1. The summed E-state index contributed by atoms with van der Waals surface area (Å²) in [6.07, 6.45) is 52.8. The van der Waals surface area contributed by atoms with Gasteiger partial charge in [0.25, 0.3) is 0 Å². The zero-order chi connectivity index (χ0) is 43.3. The monoisotopic (exact) mass is 852 g/mol. The second-order valence-electron chi connectivity index (χ2n) is 15.5. The van der Waals surface area contributed by atoms with Crippen molar-refractivity contribution in [3.8, 4) is 0 Å². The number of ether oxygens (including phenoxy) is 2. The highest BCUT2D eigenvalue weighted by Gasteiger charge is 2.27. The van der Waals surface area contributed by atoms with Crippen molar-refractivity contribution in [3.05, 3.63) is 60.8 Å². The zero-order valence-corrected chi connectivity index (χ0v) is 38.2. The molecule has 0 aliphatic heterocycles. The topological polar surface area (TPSA) is 155 Å². The molecule has 4 N–H and O–H groups in total. The largest absolute Gasteiger partial charge is 0.480 e. The van der Waals surface area contributed by atoms with Gasteiger partial charge in [-0.3, -0.25) is 18.6 Å². The number of rotatable bonds is 44. The van der Waals surface area contributed by atoms with Crippen molar-refractivity contribution in [1.82, 2.24) is 0 Å². The van der Waals surface area contributed by atoms with Gasteiger partial charge in [0, 0.05) is 13.0 Å². The molecule has 59 heavy (non-hydrogen) atoms. The normalized spacial score (nSPS) is 14.4. The van der Waals surface area contributed by atoms with E-state index in [4.69, 9.17) is 29.4 Å². The van der Waals surface area contributed by atoms with Crippen LogP contribution in [0.25, 0.3) is 0 Å². The number of phosphoric acid groups is 1. The van der Waals surface area contributed by atoms with Crippen molar-refractivity contribution in [2.45, 2.75) is 206 Å². The molecule has 0 spiro atoms. The average molecular weight is 852 g/mol. The molecule has 0 aromatic rings. The molecule has 0 amide bonds. The third-order valence-electron chi connectivity index (χ3n) is 9.78. The number of nitrogens with two attached hydrogens (primary N) is 1. The Balaban J connectivity index is 4.18. The van der Waals surface area contributed by atoms with Crippen LogP contribution >= 0.6 is 7.82 Å². The minimum Gasteiger partial charge on any atom is -0.480 e. The van der Waals surface area contributed by atoms with Gasteiger partial charge in [0.15, 0.2) is 0 Å². The Kier molecular flexibility index (Phi) is 42.0. The van der Waals surface area contributed by atoms with E-state index in [1.54, 1.807) is 0 Å².